The summed E-state index contributed by atoms with van der Waals surface area (Å²) in [5.41, 5.74) is 0. The third kappa shape index (κ3) is 7.32. The molecule has 0 aliphatic rings. The molecule has 0 aliphatic heterocycles. The molecule has 1 unspecified atom stereocenters. The summed E-state index contributed by atoms with van der Waals surface area (Å²) in [5, 5.41) is 0. The fourth-order valence-electron chi connectivity index (χ4n) is 0.148. The van der Waals surface area contributed by atoms with Gasteiger partial charge in [0.25, 0.3) is 0 Å². The summed E-state index contributed by atoms with van der Waals surface area (Å²) in [5.74, 6) is 0. The summed E-state index contributed by atoms with van der Waals surface area (Å²) in [7, 11) is -0.210. The molecule has 0 saturated heterocycles. The zero-order valence-electron chi connectivity index (χ0n) is 4.55. The van der Waals surface area contributed by atoms with Gasteiger partial charge in [0.1, 0.15) is 0 Å². The molecule has 1 atom stereocenters. The first-order valence-electron chi connectivity index (χ1n) is 2.29. The Hall–Kier alpha value is 1.32. The fourth-order valence-corrected chi connectivity index (χ4v) is 0.444. The summed E-state index contributed by atoms with van der Waals surface area (Å²) in [6, 6.07) is 0. The second-order valence-corrected chi connectivity index (χ2v) is 1.76. The Kier molecular flexibility index (Phi) is 12.5. The van der Waals surface area contributed by atoms with Gasteiger partial charge in [-0.3, -0.25) is 4.52 Å². The Labute approximate surface area is 81.3 Å². The second kappa shape index (κ2) is 8.32. The van der Waals surface area contributed by atoms with Crippen LogP contribution in [0.25, 0.3) is 0 Å². The topological polar surface area (TPSA) is 26.3 Å². The molecule has 0 aromatic carbocycles. The Morgan fingerprint density at radius 1 is 1.75 bits per heavy atom. The van der Waals surface area contributed by atoms with E-state index in [0.29, 0.717) is 0 Å². The number of rotatable bonds is 3. The van der Waals surface area contributed by atoms with Crippen LogP contribution in [-0.4, -0.2) is 43.8 Å². The molecule has 46 valence electrons. The Bertz CT molecular complexity index is 60.0. The molecule has 0 aromatic heterocycles. The van der Waals surface area contributed by atoms with Crippen molar-refractivity contribution >= 4 is 46.4 Å². The molecule has 0 saturated carbocycles. The van der Waals surface area contributed by atoms with Crippen LogP contribution in [0.3, 0.4) is 0 Å². The predicted molar refractivity (Wildman–Crippen MR) is 37.0 cm³/mol. The van der Waals surface area contributed by atoms with Crippen molar-refractivity contribution < 1.29 is 9.09 Å². The zero-order valence-corrected chi connectivity index (χ0v) is 5.44. The molecule has 4 heteroatoms. The maximum atomic E-state index is 9.65. The molecular weight excluding hydrogens is 151 g/mol. The van der Waals surface area contributed by atoms with Crippen molar-refractivity contribution in [1.29, 1.82) is 0 Å². The van der Waals surface area contributed by atoms with Crippen LogP contribution in [0, 0.1) is 0 Å². The van der Waals surface area contributed by atoms with Gasteiger partial charge in [0.2, 0.25) is 0 Å². The van der Waals surface area contributed by atoms with Gasteiger partial charge >= 0.3 is 46.4 Å². The van der Waals surface area contributed by atoms with Gasteiger partial charge in [-0.1, -0.05) is 6.92 Å². The van der Waals surface area contributed by atoms with E-state index in [1.165, 1.54) is 0 Å². The van der Waals surface area contributed by atoms with Crippen molar-refractivity contribution in [1.82, 2.24) is 0 Å². The zero-order chi connectivity index (χ0) is 5.70. The first-order valence-corrected chi connectivity index (χ1v) is 3.02. The molecule has 0 rings (SSSR count). The average Bonchev–Trinajstić information content (AvgIpc) is 1.68. The molecule has 0 spiro atoms. The molecule has 0 radical (unpaired) electrons. The van der Waals surface area contributed by atoms with Crippen LogP contribution in [0.15, 0.2) is 0 Å². The minimum absolute atomic E-state index is 0. The van der Waals surface area contributed by atoms with E-state index in [4.69, 9.17) is 0 Å². The van der Waals surface area contributed by atoms with Gasteiger partial charge in [0, 0.05) is 0 Å². The quantitative estimate of drug-likeness (QED) is 0.458. The summed E-state index contributed by atoms with van der Waals surface area (Å²) in [4.78, 5) is 0. The van der Waals surface area contributed by atoms with E-state index < -0.39 is 0 Å². The first-order chi connectivity index (χ1) is 3.31. The summed E-state index contributed by atoms with van der Waals surface area (Å²) in [6.07, 6.45) is 1.04. The van der Waals surface area contributed by atoms with Crippen molar-refractivity contribution in [2.24, 2.45) is 0 Å². The third-order valence-electron chi connectivity index (χ3n) is 0.798. The van der Waals surface area contributed by atoms with Crippen LogP contribution in [-0.2, 0) is 9.09 Å². The van der Waals surface area contributed by atoms with Gasteiger partial charge in [-0.05, 0) is 13.3 Å². The van der Waals surface area contributed by atoms with Crippen molar-refractivity contribution in [3.8, 4) is 0 Å². The molecule has 0 N–H and O–H groups in total. The Morgan fingerprint density at radius 2 is 2.25 bits per heavy atom. The van der Waals surface area contributed by atoms with Crippen LogP contribution in [0.5, 0.6) is 0 Å². The Balaban J connectivity index is 0. The molecule has 0 fully saturated rings. The molecule has 0 amide bonds. The van der Waals surface area contributed by atoms with Crippen molar-refractivity contribution in [2.45, 2.75) is 26.4 Å². The molecule has 2 nitrogen and oxygen atoms in total. The fraction of sp³-hybridized carbons (Fsp3) is 1.00. The van der Waals surface area contributed by atoms with E-state index in [2.05, 4.69) is 4.52 Å². The van der Waals surface area contributed by atoms with Gasteiger partial charge in [-0.2, -0.15) is 0 Å². The third-order valence-corrected chi connectivity index (χ3v) is 1.24. The minimum atomic E-state index is -0.210. The predicted octanol–water partition coefficient (Wildman–Crippen LogP) is 1.09. The molecule has 0 bridgehead atoms. The van der Waals surface area contributed by atoms with Gasteiger partial charge in [0.15, 0.2) is 0 Å². The van der Waals surface area contributed by atoms with Crippen molar-refractivity contribution in [3.05, 3.63) is 0 Å². The van der Waals surface area contributed by atoms with E-state index in [9.17, 15) is 4.57 Å². The summed E-state index contributed by atoms with van der Waals surface area (Å²) >= 11 is 0. The number of hydrogen-bond donors (Lipinski definition) is 0. The van der Waals surface area contributed by atoms with Crippen LogP contribution >= 0.6 is 8.69 Å². The summed E-state index contributed by atoms with van der Waals surface area (Å²) < 4.78 is 14.3. The van der Waals surface area contributed by atoms with E-state index in [-0.39, 0.29) is 52.5 Å². The van der Waals surface area contributed by atoms with Crippen LogP contribution in [0.4, 0.5) is 0 Å². The van der Waals surface area contributed by atoms with E-state index in [0.717, 1.165) is 6.42 Å². The van der Waals surface area contributed by atoms with E-state index in [1.807, 2.05) is 13.8 Å². The average molecular weight is 162 g/mol. The SMILES string of the molecule is CCC(C)OP=O.[CaH2]. The van der Waals surface area contributed by atoms with Crippen molar-refractivity contribution in [3.63, 3.8) is 0 Å². The summed E-state index contributed by atoms with van der Waals surface area (Å²) in [6.45, 7) is 3.86. The normalized spacial score (nSPS) is 12.8. The number of hydrogen-bond acceptors (Lipinski definition) is 2. The monoisotopic (exact) mass is 162 g/mol. The van der Waals surface area contributed by atoms with Crippen LogP contribution < -0.4 is 0 Å². The second-order valence-electron chi connectivity index (χ2n) is 1.40. The van der Waals surface area contributed by atoms with Gasteiger partial charge in [-0.25, -0.2) is 4.57 Å². The molecule has 0 aliphatic carbocycles. The standard InChI is InChI=1S/C4H9O2P.Ca.2H/c1-3-4(2)6-7-5;;;/h4H,3H2,1-2H3;;;. The van der Waals surface area contributed by atoms with E-state index in [1.54, 1.807) is 0 Å². The van der Waals surface area contributed by atoms with Crippen molar-refractivity contribution in [2.75, 3.05) is 0 Å². The molecule has 0 heterocycles. The first kappa shape index (κ1) is 12.0. The van der Waals surface area contributed by atoms with Gasteiger partial charge < -0.3 is 0 Å². The maximum absolute atomic E-state index is 9.65. The Morgan fingerprint density at radius 3 is 2.38 bits per heavy atom. The van der Waals surface area contributed by atoms with Crippen LogP contribution in [0.1, 0.15) is 20.3 Å². The van der Waals surface area contributed by atoms with Gasteiger partial charge in [-0.15, -0.1) is 0 Å². The molecular formula is C4H11CaO2P. The van der Waals surface area contributed by atoms with Crippen LogP contribution in [0.2, 0.25) is 0 Å². The molecule has 0 aromatic rings. The van der Waals surface area contributed by atoms with E-state index >= 15 is 0 Å². The molecule has 8 heavy (non-hydrogen) atoms. The van der Waals surface area contributed by atoms with Gasteiger partial charge in [0.05, 0.1) is 6.10 Å².